The van der Waals surface area contributed by atoms with Gasteiger partial charge in [-0.25, -0.2) is 8.42 Å². The van der Waals surface area contributed by atoms with Crippen LogP contribution in [0.2, 0.25) is 0 Å². The first-order valence-corrected chi connectivity index (χ1v) is 10.2. The van der Waals surface area contributed by atoms with Crippen molar-refractivity contribution in [3.05, 3.63) is 82.2 Å². The SMILES string of the molecule is Cc1ccc(Br)cc1NC(=O)c1ccc(CS(=O)(=O)c2ccccc2)o1. The van der Waals surface area contributed by atoms with E-state index in [2.05, 4.69) is 21.2 Å². The van der Waals surface area contributed by atoms with Gasteiger partial charge in [0, 0.05) is 10.2 Å². The highest BCUT2D eigenvalue weighted by atomic mass is 79.9. The first-order chi connectivity index (χ1) is 12.3. The van der Waals surface area contributed by atoms with E-state index in [0.29, 0.717) is 5.69 Å². The number of carbonyl (C=O) groups excluding carboxylic acids is 1. The number of halogens is 1. The highest BCUT2D eigenvalue weighted by Crippen LogP contribution is 2.22. The van der Waals surface area contributed by atoms with Crippen molar-refractivity contribution in [3.63, 3.8) is 0 Å². The molecule has 0 spiro atoms. The third-order valence-electron chi connectivity index (χ3n) is 3.77. The molecule has 26 heavy (non-hydrogen) atoms. The minimum atomic E-state index is -3.53. The third kappa shape index (κ3) is 4.23. The molecule has 5 nitrogen and oxygen atoms in total. The molecular formula is C19H16BrNO4S. The maximum atomic E-state index is 12.4. The van der Waals surface area contributed by atoms with Crippen LogP contribution in [0, 0.1) is 6.92 Å². The van der Waals surface area contributed by atoms with Gasteiger partial charge in [0.05, 0.1) is 4.90 Å². The van der Waals surface area contributed by atoms with Crippen LogP contribution in [0.3, 0.4) is 0 Å². The van der Waals surface area contributed by atoms with Crippen LogP contribution >= 0.6 is 15.9 Å². The van der Waals surface area contributed by atoms with E-state index in [1.807, 2.05) is 19.1 Å². The fraction of sp³-hybridized carbons (Fsp3) is 0.105. The third-order valence-corrected chi connectivity index (χ3v) is 5.92. The minimum Gasteiger partial charge on any atom is -0.455 e. The molecule has 3 aromatic rings. The summed E-state index contributed by atoms with van der Waals surface area (Å²) in [6.07, 6.45) is 0. The molecule has 0 aliphatic rings. The Balaban J connectivity index is 1.75. The number of hydrogen-bond donors (Lipinski definition) is 1. The van der Waals surface area contributed by atoms with Crippen LogP contribution in [0.5, 0.6) is 0 Å². The number of benzene rings is 2. The van der Waals surface area contributed by atoms with Crippen LogP contribution in [0.4, 0.5) is 5.69 Å². The summed E-state index contributed by atoms with van der Waals surface area (Å²) < 4.78 is 31.1. The minimum absolute atomic E-state index is 0.0580. The van der Waals surface area contributed by atoms with Crippen LogP contribution < -0.4 is 5.32 Å². The van der Waals surface area contributed by atoms with Crippen LogP contribution in [0.1, 0.15) is 21.9 Å². The molecule has 0 radical (unpaired) electrons. The summed E-state index contributed by atoms with van der Waals surface area (Å²) in [4.78, 5) is 12.6. The van der Waals surface area contributed by atoms with Crippen molar-refractivity contribution in [1.29, 1.82) is 0 Å². The maximum Gasteiger partial charge on any atom is 0.291 e. The maximum absolute atomic E-state index is 12.4. The second-order valence-corrected chi connectivity index (χ2v) is 8.66. The van der Waals surface area contributed by atoms with Gasteiger partial charge in [-0.1, -0.05) is 40.2 Å². The van der Waals surface area contributed by atoms with Crippen molar-refractivity contribution in [2.24, 2.45) is 0 Å². The molecule has 3 rings (SSSR count). The summed E-state index contributed by atoms with van der Waals surface area (Å²) in [6, 6.07) is 16.6. The van der Waals surface area contributed by atoms with Crippen LogP contribution in [0.15, 0.2) is 74.4 Å². The quantitative estimate of drug-likeness (QED) is 0.638. The second kappa shape index (κ2) is 7.47. The number of sulfone groups is 1. The average molecular weight is 434 g/mol. The van der Waals surface area contributed by atoms with E-state index >= 15 is 0 Å². The molecule has 1 amide bonds. The van der Waals surface area contributed by atoms with Crippen LogP contribution in [0.25, 0.3) is 0 Å². The van der Waals surface area contributed by atoms with Gasteiger partial charge in [0.15, 0.2) is 15.6 Å². The van der Waals surface area contributed by atoms with E-state index in [1.165, 1.54) is 24.3 Å². The van der Waals surface area contributed by atoms with E-state index < -0.39 is 15.7 Å². The van der Waals surface area contributed by atoms with Gasteiger partial charge in [0.25, 0.3) is 5.91 Å². The van der Waals surface area contributed by atoms with Crippen molar-refractivity contribution in [2.75, 3.05) is 5.32 Å². The van der Waals surface area contributed by atoms with Gasteiger partial charge in [0.1, 0.15) is 11.5 Å². The number of anilines is 1. The highest BCUT2D eigenvalue weighted by molar-refractivity contribution is 9.10. The summed E-state index contributed by atoms with van der Waals surface area (Å²) in [5, 5.41) is 2.76. The number of furan rings is 1. The Bertz CT molecular complexity index is 1040. The molecule has 0 fully saturated rings. The molecule has 0 saturated heterocycles. The molecule has 7 heteroatoms. The van der Waals surface area contributed by atoms with Crippen molar-refractivity contribution >= 4 is 37.4 Å². The molecular weight excluding hydrogens is 418 g/mol. The predicted molar refractivity (Wildman–Crippen MR) is 103 cm³/mol. The molecule has 0 aliphatic heterocycles. The highest BCUT2D eigenvalue weighted by Gasteiger charge is 2.19. The fourth-order valence-electron chi connectivity index (χ4n) is 2.39. The lowest BCUT2D eigenvalue weighted by atomic mass is 10.2. The van der Waals surface area contributed by atoms with Gasteiger partial charge < -0.3 is 9.73 Å². The molecule has 1 N–H and O–H groups in total. The first-order valence-electron chi connectivity index (χ1n) is 7.79. The Morgan fingerprint density at radius 2 is 1.81 bits per heavy atom. The van der Waals surface area contributed by atoms with Gasteiger partial charge in [-0.3, -0.25) is 4.79 Å². The van der Waals surface area contributed by atoms with Crippen molar-refractivity contribution in [3.8, 4) is 0 Å². The molecule has 0 saturated carbocycles. The number of rotatable bonds is 5. The zero-order valence-electron chi connectivity index (χ0n) is 13.9. The van der Waals surface area contributed by atoms with Gasteiger partial charge in [0.2, 0.25) is 0 Å². The van der Waals surface area contributed by atoms with Crippen LogP contribution in [-0.4, -0.2) is 14.3 Å². The summed E-state index contributed by atoms with van der Waals surface area (Å²) in [7, 11) is -3.53. The Labute approximate surface area is 160 Å². The van der Waals surface area contributed by atoms with Crippen molar-refractivity contribution in [2.45, 2.75) is 17.6 Å². The molecule has 0 unspecified atom stereocenters. The molecule has 2 aromatic carbocycles. The Kier molecular flexibility index (Phi) is 5.29. The second-order valence-electron chi connectivity index (χ2n) is 5.75. The number of aryl methyl sites for hydroxylation is 1. The van der Waals surface area contributed by atoms with Gasteiger partial charge >= 0.3 is 0 Å². The lowest BCUT2D eigenvalue weighted by molar-refractivity contribution is 0.0995. The zero-order valence-corrected chi connectivity index (χ0v) is 16.3. The molecule has 1 aromatic heterocycles. The van der Waals surface area contributed by atoms with E-state index in [4.69, 9.17) is 4.42 Å². The number of nitrogens with one attached hydrogen (secondary N) is 1. The average Bonchev–Trinajstić information content (AvgIpc) is 3.07. The monoisotopic (exact) mass is 433 g/mol. The Hall–Kier alpha value is -2.38. The number of carbonyl (C=O) groups is 1. The van der Waals surface area contributed by atoms with Gasteiger partial charge in [-0.2, -0.15) is 0 Å². The summed E-state index contributed by atoms with van der Waals surface area (Å²) in [6.45, 7) is 1.88. The van der Waals surface area contributed by atoms with Crippen molar-refractivity contribution in [1.82, 2.24) is 0 Å². The zero-order chi connectivity index (χ0) is 18.7. The molecule has 0 aliphatic carbocycles. The first kappa shape index (κ1) is 18.4. The molecule has 134 valence electrons. The lowest BCUT2D eigenvalue weighted by Gasteiger charge is -2.07. The standard InChI is InChI=1S/C19H16BrNO4S/c1-13-7-8-14(20)11-17(13)21-19(22)18-10-9-15(25-18)12-26(23,24)16-5-3-2-4-6-16/h2-11H,12H2,1H3,(H,21,22). The van der Waals surface area contributed by atoms with E-state index in [0.717, 1.165) is 10.0 Å². The summed E-state index contributed by atoms with van der Waals surface area (Å²) in [5.41, 5.74) is 1.55. The Morgan fingerprint density at radius 3 is 2.54 bits per heavy atom. The summed E-state index contributed by atoms with van der Waals surface area (Å²) >= 11 is 3.36. The van der Waals surface area contributed by atoms with Crippen molar-refractivity contribution < 1.29 is 17.6 Å². The normalized spacial score (nSPS) is 11.3. The number of hydrogen-bond acceptors (Lipinski definition) is 4. The molecule has 0 bridgehead atoms. The fourth-order valence-corrected chi connectivity index (χ4v) is 4.02. The van der Waals surface area contributed by atoms with Crippen LogP contribution in [-0.2, 0) is 15.6 Å². The largest absolute Gasteiger partial charge is 0.455 e. The van der Waals surface area contributed by atoms with E-state index in [1.54, 1.807) is 24.3 Å². The number of amides is 1. The topological polar surface area (TPSA) is 76.4 Å². The van der Waals surface area contributed by atoms with Gasteiger partial charge in [-0.05, 0) is 48.9 Å². The van der Waals surface area contributed by atoms with E-state index in [-0.39, 0.29) is 22.2 Å². The molecule has 1 heterocycles. The molecule has 0 atom stereocenters. The Morgan fingerprint density at radius 1 is 1.08 bits per heavy atom. The van der Waals surface area contributed by atoms with E-state index in [9.17, 15) is 13.2 Å². The lowest BCUT2D eigenvalue weighted by Crippen LogP contribution is -2.12. The van der Waals surface area contributed by atoms with Gasteiger partial charge in [-0.15, -0.1) is 0 Å². The smallest absolute Gasteiger partial charge is 0.291 e. The summed E-state index contributed by atoms with van der Waals surface area (Å²) in [5.74, 6) is -0.470. The predicted octanol–water partition coefficient (Wildman–Crippen LogP) is 4.58.